The molecule has 1 aromatic carbocycles. The van der Waals surface area contributed by atoms with Crippen molar-refractivity contribution >= 4 is 11.3 Å². The first-order chi connectivity index (χ1) is 14.6. The molecule has 4 heterocycles. The molecule has 2 bridgehead atoms. The summed E-state index contributed by atoms with van der Waals surface area (Å²) in [6.45, 7) is 1.88. The van der Waals surface area contributed by atoms with Gasteiger partial charge in [-0.25, -0.2) is 4.39 Å². The smallest absolute Gasteiger partial charge is 0.233 e. The van der Waals surface area contributed by atoms with Gasteiger partial charge in [0, 0.05) is 35.7 Å². The van der Waals surface area contributed by atoms with Gasteiger partial charge in [-0.1, -0.05) is 23.8 Å². The molecule has 4 atom stereocenters. The van der Waals surface area contributed by atoms with Gasteiger partial charge < -0.3 is 15.2 Å². The second-order valence-electron chi connectivity index (χ2n) is 7.85. The molecule has 30 heavy (non-hydrogen) atoms. The van der Waals surface area contributed by atoms with E-state index in [-0.39, 0.29) is 11.8 Å². The molecule has 3 aromatic rings. The molecule has 7 nitrogen and oxygen atoms in total. The van der Waals surface area contributed by atoms with Crippen molar-refractivity contribution in [1.82, 2.24) is 25.7 Å². The molecule has 0 radical (unpaired) electrons. The summed E-state index contributed by atoms with van der Waals surface area (Å²) >= 11 is 1.46. The molecule has 5 rings (SSSR count). The molecule has 0 amide bonds. The molecule has 0 aliphatic carbocycles. The van der Waals surface area contributed by atoms with Crippen LogP contribution >= 0.6 is 11.3 Å². The van der Waals surface area contributed by atoms with Crippen LogP contribution < -0.4 is 10.1 Å². The fraction of sp³-hybridized carbons (Fsp3) is 0.429. The van der Waals surface area contributed by atoms with Crippen molar-refractivity contribution in [3.63, 3.8) is 0 Å². The van der Waals surface area contributed by atoms with Crippen LogP contribution in [-0.4, -0.2) is 49.9 Å². The molecule has 2 saturated heterocycles. The minimum Gasteiger partial charge on any atom is -0.507 e. The highest BCUT2D eigenvalue weighted by Crippen LogP contribution is 2.34. The van der Waals surface area contributed by atoms with Crippen LogP contribution in [0.4, 0.5) is 4.39 Å². The van der Waals surface area contributed by atoms with E-state index in [1.165, 1.54) is 11.3 Å². The molecule has 2 aliphatic heterocycles. The van der Waals surface area contributed by atoms with Crippen LogP contribution in [0.3, 0.4) is 0 Å². The maximum absolute atomic E-state index is 14.7. The minimum absolute atomic E-state index is 0.0818. The molecular formula is C21H22FN5O2S. The first kappa shape index (κ1) is 19.3. The third-order valence-corrected chi connectivity index (χ3v) is 6.62. The highest BCUT2D eigenvalue weighted by atomic mass is 32.1. The zero-order chi connectivity index (χ0) is 20.7. The van der Waals surface area contributed by atoms with Gasteiger partial charge in [0.25, 0.3) is 0 Å². The third kappa shape index (κ3) is 3.75. The maximum Gasteiger partial charge on any atom is 0.233 e. The number of halogens is 1. The number of hydrogen-bond acceptors (Lipinski definition) is 8. The molecule has 2 aromatic heterocycles. The number of benzene rings is 1. The predicted molar refractivity (Wildman–Crippen MR) is 111 cm³/mol. The van der Waals surface area contributed by atoms with Crippen molar-refractivity contribution < 1.29 is 14.2 Å². The largest absolute Gasteiger partial charge is 0.507 e. The number of rotatable bonds is 4. The highest BCUT2D eigenvalue weighted by molar-refractivity contribution is 7.14. The quantitative estimate of drug-likeness (QED) is 0.656. The van der Waals surface area contributed by atoms with Crippen LogP contribution in [0.25, 0.3) is 21.8 Å². The fourth-order valence-corrected chi connectivity index (χ4v) is 4.94. The van der Waals surface area contributed by atoms with Gasteiger partial charge >= 0.3 is 0 Å². The number of alkyl halides is 1. The lowest BCUT2D eigenvalue weighted by Gasteiger charge is -2.42. The van der Waals surface area contributed by atoms with E-state index in [1.807, 2.05) is 13.0 Å². The topological polar surface area (TPSA) is 93.1 Å². The van der Waals surface area contributed by atoms with Crippen LogP contribution in [-0.2, 0) is 0 Å². The molecule has 2 N–H and O–H groups in total. The number of aromatic hydroxyl groups is 1. The Hall–Kier alpha value is -2.65. The number of hydrogen-bond donors (Lipinski definition) is 2. The monoisotopic (exact) mass is 427 g/mol. The molecule has 0 spiro atoms. The SMILES string of the molecule is Cc1nnc(-c2ccc(-c3ccc(O[C@@H]4C[C@H]5CCC[C@H](N5)[C@@H]4F)nn3)c(O)c2)s1. The summed E-state index contributed by atoms with van der Waals surface area (Å²) in [4.78, 5) is 0. The zero-order valence-electron chi connectivity index (χ0n) is 16.5. The summed E-state index contributed by atoms with van der Waals surface area (Å²) in [7, 11) is 0. The molecule has 9 heteroatoms. The van der Waals surface area contributed by atoms with Gasteiger partial charge in [-0.3, -0.25) is 0 Å². The van der Waals surface area contributed by atoms with Gasteiger partial charge in [-0.15, -0.1) is 20.4 Å². The second kappa shape index (κ2) is 7.88. The Labute approximate surface area is 177 Å². The van der Waals surface area contributed by atoms with Gasteiger partial charge in [-0.2, -0.15) is 0 Å². The molecule has 2 fully saturated rings. The number of ether oxygens (including phenoxy) is 1. The van der Waals surface area contributed by atoms with E-state index in [1.54, 1.807) is 24.3 Å². The molecule has 0 saturated carbocycles. The molecule has 2 aliphatic rings. The van der Waals surface area contributed by atoms with Crippen molar-refractivity contribution in [2.75, 3.05) is 0 Å². The number of aryl methyl sites for hydroxylation is 1. The van der Waals surface area contributed by atoms with Crippen molar-refractivity contribution in [3.8, 4) is 33.5 Å². The summed E-state index contributed by atoms with van der Waals surface area (Å²) in [5.74, 6) is 0.380. The lowest BCUT2D eigenvalue weighted by Crippen LogP contribution is -2.59. The Morgan fingerprint density at radius 3 is 2.77 bits per heavy atom. The van der Waals surface area contributed by atoms with Crippen LogP contribution in [0.2, 0.25) is 0 Å². The van der Waals surface area contributed by atoms with Crippen molar-refractivity contribution in [2.45, 2.75) is 57.0 Å². The number of piperidine rings is 2. The van der Waals surface area contributed by atoms with Gasteiger partial charge in [0.1, 0.15) is 21.9 Å². The van der Waals surface area contributed by atoms with E-state index in [0.717, 1.165) is 34.8 Å². The summed E-state index contributed by atoms with van der Waals surface area (Å²) in [5.41, 5.74) is 1.86. The van der Waals surface area contributed by atoms with Crippen LogP contribution in [0, 0.1) is 6.92 Å². The number of nitrogens with zero attached hydrogens (tertiary/aromatic N) is 4. The van der Waals surface area contributed by atoms with E-state index >= 15 is 0 Å². The van der Waals surface area contributed by atoms with Gasteiger partial charge in [0.15, 0.2) is 6.17 Å². The van der Waals surface area contributed by atoms with Crippen molar-refractivity contribution in [2.24, 2.45) is 0 Å². The first-order valence-corrected chi connectivity index (χ1v) is 10.9. The number of aromatic nitrogens is 4. The maximum atomic E-state index is 14.7. The van der Waals surface area contributed by atoms with Gasteiger partial charge in [0.05, 0.1) is 5.69 Å². The van der Waals surface area contributed by atoms with E-state index in [0.29, 0.717) is 29.6 Å². The predicted octanol–water partition coefficient (Wildman–Crippen LogP) is 3.68. The average Bonchev–Trinajstić information content (AvgIpc) is 3.19. The van der Waals surface area contributed by atoms with E-state index in [2.05, 4.69) is 25.7 Å². The molecular weight excluding hydrogens is 405 g/mol. The van der Waals surface area contributed by atoms with Gasteiger partial charge in [-0.05, 0) is 38.0 Å². The summed E-state index contributed by atoms with van der Waals surface area (Å²) in [6, 6.07) is 8.85. The number of phenols is 1. The summed E-state index contributed by atoms with van der Waals surface area (Å²) in [6.07, 6.45) is 2.03. The average molecular weight is 428 g/mol. The summed E-state index contributed by atoms with van der Waals surface area (Å²) < 4.78 is 20.5. The Bertz CT molecular complexity index is 1040. The van der Waals surface area contributed by atoms with E-state index in [9.17, 15) is 9.50 Å². The Morgan fingerprint density at radius 2 is 2.03 bits per heavy atom. The van der Waals surface area contributed by atoms with E-state index in [4.69, 9.17) is 4.74 Å². The highest BCUT2D eigenvalue weighted by Gasteiger charge is 2.41. The second-order valence-corrected chi connectivity index (χ2v) is 9.03. The zero-order valence-corrected chi connectivity index (χ0v) is 17.3. The Morgan fingerprint density at radius 1 is 1.13 bits per heavy atom. The number of phenolic OH excluding ortho intramolecular Hbond substituents is 1. The first-order valence-electron chi connectivity index (χ1n) is 10.1. The normalized spacial score (nSPS) is 25.8. The molecule has 156 valence electrons. The van der Waals surface area contributed by atoms with Crippen molar-refractivity contribution in [3.05, 3.63) is 35.3 Å². The standard InChI is InChI=1S/C21H22FN5O2S/c1-11-24-27-21(30-11)12-5-6-14(17(28)9-12)15-7-8-19(26-25-15)29-18-10-13-3-2-4-16(23-13)20(18)22/h5-9,13,16,18,20,23,28H,2-4,10H2,1H3/t13-,16+,18-,20+/m1/s1. The lowest BCUT2D eigenvalue weighted by atomic mass is 9.84. The fourth-order valence-electron chi connectivity index (χ4n) is 4.25. The number of fused-ring (bicyclic) bond motifs is 2. The van der Waals surface area contributed by atoms with Gasteiger partial charge in [0.2, 0.25) is 5.88 Å². The number of nitrogens with one attached hydrogen (secondary N) is 1. The summed E-state index contributed by atoms with van der Waals surface area (Å²) in [5, 5.41) is 31.8. The van der Waals surface area contributed by atoms with Crippen LogP contribution in [0.1, 0.15) is 30.7 Å². The third-order valence-electron chi connectivity index (χ3n) is 5.73. The van der Waals surface area contributed by atoms with Crippen molar-refractivity contribution in [1.29, 1.82) is 0 Å². The van der Waals surface area contributed by atoms with Crippen LogP contribution in [0.5, 0.6) is 11.6 Å². The van der Waals surface area contributed by atoms with E-state index < -0.39 is 12.3 Å². The van der Waals surface area contributed by atoms with Crippen LogP contribution in [0.15, 0.2) is 30.3 Å². The minimum atomic E-state index is -1.05. The Balaban J connectivity index is 1.31. The lowest BCUT2D eigenvalue weighted by molar-refractivity contribution is 0.00652. The Kier molecular flexibility index (Phi) is 5.08. The molecule has 0 unspecified atom stereocenters.